The maximum absolute atomic E-state index is 5.26. The van der Waals surface area contributed by atoms with Crippen molar-refractivity contribution in [2.45, 2.75) is 13.3 Å². The molecule has 24 heavy (non-hydrogen) atoms. The van der Waals surface area contributed by atoms with Gasteiger partial charge in [-0.3, -0.25) is 4.98 Å². The van der Waals surface area contributed by atoms with E-state index in [1.54, 1.807) is 6.08 Å². The fourth-order valence-corrected chi connectivity index (χ4v) is 2.89. The van der Waals surface area contributed by atoms with Gasteiger partial charge in [-0.25, -0.2) is 4.98 Å². The zero-order valence-corrected chi connectivity index (χ0v) is 14.8. The van der Waals surface area contributed by atoms with E-state index < -0.39 is 0 Å². The van der Waals surface area contributed by atoms with Gasteiger partial charge in [0.1, 0.15) is 11.1 Å². The van der Waals surface area contributed by atoms with Crippen LogP contribution in [0.2, 0.25) is 0 Å². The summed E-state index contributed by atoms with van der Waals surface area (Å²) in [6.45, 7) is 9.78. The summed E-state index contributed by atoms with van der Waals surface area (Å²) >= 11 is 2.23. The first kappa shape index (κ1) is 16.5. The van der Waals surface area contributed by atoms with E-state index in [4.69, 9.17) is 8.77 Å². The minimum Gasteiger partial charge on any atom is -0.652 e. The molecular formula is C20H17AlN2O. The molecule has 2 heterocycles. The first-order valence-electron chi connectivity index (χ1n) is 7.66. The molecule has 2 aromatic heterocycles. The molecule has 0 spiro atoms. The number of aromatic nitrogens is 2. The molecule has 0 fully saturated rings. The van der Waals surface area contributed by atoms with Gasteiger partial charge in [0, 0.05) is 23.2 Å². The van der Waals surface area contributed by atoms with Crippen LogP contribution in [0.4, 0.5) is 0 Å². The average Bonchev–Trinajstić information content (AvgIpc) is 2.59. The summed E-state index contributed by atoms with van der Waals surface area (Å²) in [7, 11) is 0. The number of para-hydroxylation sites is 1. The van der Waals surface area contributed by atoms with Crippen molar-refractivity contribution >= 4 is 39.9 Å². The molecule has 0 bridgehead atoms. The van der Waals surface area contributed by atoms with Gasteiger partial charge in [0.2, 0.25) is 0 Å². The van der Waals surface area contributed by atoms with Gasteiger partial charge in [0.15, 0.2) is 0 Å². The topological polar surface area (TPSA) is 35.0 Å². The smallest absolute Gasteiger partial charge is 0.482 e. The molecule has 0 saturated carbocycles. The van der Waals surface area contributed by atoms with Gasteiger partial charge in [-0.15, -0.1) is 0 Å². The molecule has 116 valence electrons. The molecule has 0 saturated heterocycles. The van der Waals surface area contributed by atoms with Crippen LogP contribution in [-0.2, 0) is 10.2 Å². The van der Waals surface area contributed by atoms with E-state index in [1.807, 2.05) is 25.1 Å². The van der Waals surface area contributed by atoms with Gasteiger partial charge in [-0.1, -0.05) is 43.5 Å². The number of benzene rings is 1. The number of hydrogen-bond donors (Lipinski definition) is 0. The standard InChI is InChI=1S/C20H18N2O.Al/c1-4-18(23)19-13(2)8-11-17(22-19)12-16-7-5-6-15-10-9-14(3)21-20(15)16;/h4-11,23H,1-2,12H2,3H3;/q;+1/p-1/b19-18-;. The highest BCUT2D eigenvalue weighted by atomic mass is 27.1. The fourth-order valence-electron chi connectivity index (χ4n) is 2.68. The molecule has 0 amide bonds. The molecule has 4 heteroatoms. The monoisotopic (exact) mass is 328 g/mol. The third kappa shape index (κ3) is 3.26. The first-order valence-corrected chi connectivity index (χ1v) is 8.13. The van der Waals surface area contributed by atoms with Crippen molar-refractivity contribution in [2.24, 2.45) is 0 Å². The second kappa shape index (κ2) is 7.00. The quantitative estimate of drug-likeness (QED) is 0.690. The molecule has 0 aliphatic carbocycles. The summed E-state index contributed by atoms with van der Waals surface area (Å²) in [6.07, 6.45) is 2.33. The SMILES string of the molecule is C=C/C([O][Al])=c1/nc(Cc2cccc3ccc(C)nc23)ccc1=C. The van der Waals surface area contributed by atoms with Gasteiger partial charge in [0.25, 0.3) is 0 Å². The summed E-state index contributed by atoms with van der Waals surface area (Å²) in [5.74, 6) is 0.596. The fraction of sp³-hybridized carbons (Fsp3) is 0.100. The molecule has 3 rings (SSSR count). The van der Waals surface area contributed by atoms with E-state index in [0.29, 0.717) is 17.5 Å². The predicted octanol–water partition coefficient (Wildman–Crippen LogP) is 2.33. The highest BCUT2D eigenvalue weighted by molar-refractivity contribution is 6.01. The molecule has 0 atom stereocenters. The number of fused-ring (bicyclic) bond motifs is 1. The van der Waals surface area contributed by atoms with Crippen molar-refractivity contribution < 1.29 is 3.79 Å². The van der Waals surface area contributed by atoms with Crippen molar-refractivity contribution in [1.82, 2.24) is 9.97 Å². The van der Waals surface area contributed by atoms with Crippen LogP contribution in [0.1, 0.15) is 17.0 Å². The lowest BCUT2D eigenvalue weighted by Crippen LogP contribution is -2.30. The lowest BCUT2D eigenvalue weighted by atomic mass is 10.0. The second-order valence-corrected chi connectivity index (χ2v) is 5.85. The van der Waals surface area contributed by atoms with Crippen LogP contribution >= 0.6 is 0 Å². The molecule has 0 aliphatic heterocycles. The van der Waals surface area contributed by atoms with Gasteiger partial charge >= 0.3 is 16.6 Å². The third-order valence-electron chi connectivity index (χ3n) is 3.90. The predicted molar refractivity (Wildman–Crippen MR) is 98.7 cm³/mol. The van der Waals surface area contributed by atoms with Crippen LogP contribution in [0.25, 0.3) is 23.2 Å². The Morgan fingerprint density at radius 3 is 2.75 bits per heavy atom. The van der Waals surface area contributed by atoms with E-state index in [2.05, 4.69) is 59.0 Å². The molecule has 1 aromatic carbocycles. The Hall–Kier alpha value is -2.41. The van der Waals surface area contributed by atoms with E-state index >= 15 is 0 Å². The summed E-state index contributed by atoms with van der Waals surface area (Å²) < 4.78 is 5.26. The molecule has 0 unspecified atom stereocenters. The number of pyridine rings is 2. The van der Waals surface area contributed by atoms with Crippen molar-refractivity contribution in [3.8, 4) is 0 Å². The van der Waals surface area contributed by atoms with Crippen LogP contribution in [0.5, 0.6) is 0 Å². The van der Waals surface area contributed by atoms with Crippen LogP contribution in [-0.4, -0.2) is 26.6 Å². The Kier molecular flexibility index (Phi) is 4.80. The summed E-state index contributed by atoms with van der Waals surface area (Å²) in [5, 5.41) is 2.66. The number of aryl methyl sites for hydroxylation is 1. The third-order valence-corrected chi connectivity index (χ3v) is 4.15. The van der Waals surface area contributed by atoms with Crippen molar-refractivity contribution in [3.05, 3.63) is 82.6 Å². The largest absolute Gasteiger partial charge is 0.652 e. The average molecular weight is 328 g/mol. The first-order chi connectivity index (χ1) is 11.6. The van der Waals surface area contributed by atoms with Crippen molar-refractivity contribution in [1.29, 1.82) is 0 Å². The van der Waals surface area contributed by atoms with Crippen LogP contribution in [0.3, 0.4) is 0 Å². The maximum Gasteiger partial charge on any atom is 0.482 e. The lowest BCUT2D eigenvalue weighted by molar-refractivity contribution is 0.569. The molecular weight excluding hydrogens is 311 g/mol. The molecule has 3 aromatic rings. The zero-order chi connectivity index (χ0) is 17.1. The minimum atomic E-state index is 0.596. The lowest BCUT2D eigenvalue weighted by Gasteiger charge is -2.08. The van der Waals surface area contributed by atoms with Crippen LogP contribution < -0.4 is 10.6 Å². The number of hydrogen-bond acceptors (Lipinski definition) is 3. The Bertz CT molecular complexity index is 1030. The summed E-state index contributed by atoms with van der Waals surface area (Å²) in [6, 6.07) is 14.3. The Morgan fingerprint density at radius 2 is 2.00 bits per heavy atom. The Balaban J connectivity index is 2.12. The molecule has 0 aliphatic rings. The Labute approximate surface area is 149 Å². The normalized spacial score (nSPS) is 12.0. The summed E-state index contributed by atoms with van der Waals surface area (Å²) in [5.41, 5.74) is 4.12. The van der Waals surface area contributed by atoms with Crippen LogP contribution in [0, 0.1) is 6.92 Å². The van der Waals surface area contributed by atoms with E-state index in [1.165, 1.54) is 0 Å². The van der Waals surface area contributed by atoms with Gasteiger partial charge in [0.05, 0.1) is 5.52 Å². The Morgan fingerprint density at radius 1 is 1.17 bits per heavy atom. The number of rotatable bonds is 4. The van der Waals surface area contributed by atoms with E-state index in [9.17, 15) is 0 Å². The van der Waals surface area contributed by atoms with Gasteiger partial charge in [-0.2, -0.15) is 0 Å². The zero-order valence-electron chi connectivity index (χ0n) is 13.6. The maximum atomic E-state index is 5.26. The number of nitrogens with zero attached hydrogens (tertiary/aromatic N) is 2. The molecule has 3 nitrogen and oxygen atoms in total. The van der Waals surface area contributed by atoms with Gasteiger partial charge < -0.3 is 3.79 Å². The van der Waals surface area contributed by atoms with Gasteiger partial charge in [-0.05, 0) is 35.9 Å². The minimum absolute atomic E-state index is 0.596. The molecule has 2 radical (unpaired) electrons. The second-order valence-electron chi connectivity index (χ2n) is 5.61. The van der Waals surface area contributed by atoms with Crippen molar-refractivity contribution in [3.63, 3.8) is 0 Å². The summed E-state index contributed by atoms with van der Waals surface area (Å²) in [4.78, 5) is 9.39. The highest BCUT2D eigenvalue weighted by Crippen LogP contribution is 2.19. The van der Waals surface area contributed by atoms with Crippen LogP contribution in [0.15, 0.2) is 55.1 Å². The van der Waals surface area contributed by atoms with Crippen molar-refractivity contribution in [2.75, 3.05) is 0 Å². The van der Waals surface area contributed by atoms with E-state index in [-0.39, 0.29) is 0 Å². The van der Waals surface area contributed by atoms with E-state index in [0.717, 1.165) is 33.1 Å². The molecule has 0 N–H and O–H groups in total. The highest BCUT2D eigenvalue weighted by Gasteiger charge is 2.06.